The summed E-state index contributed by atoms with van der Waals surface area (Å²) in [4.78, 5) is 0. The molecule has 1 aromatic rings. The Morgan fingerprint density at radius 2 is 2.00 bits per heavy atom. The molecule has 1 aromatic carbocycles. The summed E-state index contributed by atoms with van der Waals surface area (Å²) in [5, 5.41) is 0. The second kappa shape index (κ2) is 3.02. The van der Waals surface area contributed by atoms with Crippen molar-refractivity contribution in [1.82, 2.24) is 0 Å². The predicted molar refractivity (Wildman–Crippen MR) is 49.0 cm³/mol. The molecule has 1 heterocycles. The van der Waals surface area contributed by atoms with E-state index in [1.165, 1.54) is 11.1 Å². The molecule has 62 valence electrons. The largest absolute Gasteiger partial charge is 0.501 e. The Balaban J connectivity index is 2.23. The fraction of sp³-hybridized carbons (Fsp3) is 0.273. The highest BCUT2D eigenvalue weighted by atomic mass is 16.5. The predicted octanol–water partition coefficient (Wildman–Crippen LogP) is 2.62. The van der Waals surface area contributed by atoms with Crippen LogP contribution in [0, 0.1) is 6.92 Å². The van der Waals surface area contributed by atoms with Crippen molar-refractivity contribution in [3.8, 4) is 0 Å². The maximum Gasteiger partial charge on any atom is 0.0977 e. The van der Waals surface area contributed by atoms with Crippen molar-refractivity contribution in [1.29, 1.82) is 0 Å². The average molecular weight is 160 g/mol. The van der Waals surface area contributed by atoms with E-state index in [0.29, 0.717) is 5.92 Å². The topological polar surface area (TPSA) is 9.23 Å². The molecular weight excluding hydrogens is 148 g/mol. The summed E-state index contributed by atoms with van der Waals surface area (Å²) in [7, 11) is 0. The van der Waals surface area contributed by atoms with Crippen LogP contribution in [0.1, 0.15) is 17.0 Å². The lowest BCUT2D eigenvalue weighted by molar-refractivity contribution is 0.269. The minimum atomic E-state index is 0.464. The molecule has 0 fully saturated rings. The van der Waals surface area contributed by atoms with Crippen LogP contribution < -0.4 is 0 Å². The fourth-order valence-electron chi connectivity index (χ4n) is 1.39. The Morgan fingerprint density at radius 1 is 1.25 bits per heavy atom. The van der Waals surface area contributed by atoms with Crippen molar-refractivity contribution in [2.24, 2.45) is 0 Å². The Morgan fingerprint density at radius 3 is 2.58 bits per heavy atom. The van der Waals surface area contributed by atoms with Crippen molar-refractivity contribution in [2.75, 3.05) is 6.61 Å². The monoisotopic (exact) mass is 160 g/mol. The molecule has 0 radical (unpaired) electrons. The molecule has 0 saturated heterocycles. The van der Waals surface area contributed by atoms with Crippen molar-refractivity contribution >= 4 is 0 Å². The fourth-order valence-corrected chi connectivity index (χ4v) is 1.39. The molecule has 2 rings (SSSR count). The van der Waals surface area contributed by atoms with Gasteiger partial charge in [-0.05, 0) is 18.6 Å². The zero-order valence-corrected chi connectivity index (χ0v) is 7.16. The molecule has 0 aliphatic carbocycles. The Kier molecular flexibility index (Phi) is 1.86. The van der Waals surface area contributed by atoms with E-state index in [1.54, 1.807) is 6.26 Å². The van der Waals surface area contributed by atoms with E-state index in [1.807, 2.05) is 0 Å². The molecule has 1 aliphatic rings. The molecule has 1 unspecified atom stereocenters. The number of hydrogen-bond acceptors (Lipinski definition) is 1. The maximum atomic E-state index is 5.16. The first-order chi connectivity index (χ1) is 5.86. The molecule has 0 spiro atoms. The quantitative estimate of drug-likeness (QED) is 0.613. The number of rotatable bonds is 1. The molecular formula is C11H12O. The van der Waals surface area contributed by atoms with Crippen LogP contribution in [0.25, 0.3) is 0 Å². The number of hydrogen-bond donors (Lipinski definition) is 0. The molecule has 0 amide bonds. The summed E-state index contributed by atoms with van der Waals surface area (Å²) in [5.74, 6) is 0.464. The SMILES string of the molecule is Cc1ccc(C2C=COC2)cc1. The van der Waals surface area contributed by atoms with Crippen LogP contribution >= 0.6 is 0 Å². The summed E-state index contributed by atoms with van der Waals surface area (Å²) < 4.78 is 5.16. The summed E-state index contributed by atoms with van der Waals surface area (Å²) >= 11 is 0. The van der Waals surface area contributed by atoms with Crippen LogP contribution in [0.15, 0.2) is 36.6 Å². The Labute approximate surface area is 72.7 Å². The third kappa shape index (κ3) is 1.35. The highest BCUT2D eigenvalue weighted by Gasteiger charge is 2.11. The van der Waals surface area contributed by atoms with Crippen LogP contribution in [-0.4, -0.2) is 6.61 Å². The van der Waals surface area contributed by atoms with Gasteiger partial charge < -0.3 is 4.74 Å². The highest BCUT2D eigenvalue weighted by Crippen LogP contribution is 2.22. The van der Waals surface area contributed by atoms with Crippen LogP contribution in [0.4, 0.5) is 0 Å². The summed E-state index contributed by atoms with van der Waals surface area (Å²) in [6, 6.07) is 8.61. The van der Waals surface area contributed by atoms with Gasteiger partial charge in [0.25, 0.3) is 0 Å². The van der Waals surface area contributed by atoms with Gasteiger partial charge in [0.1, 0.15) is 0 Å². The van der Waals surface area contributed by atoms with Crippen molar-refractivity contribution in [2.45, 2.75) is 12.8 Å². The number of ether oxygens (including phenoxy) is 1. The smallest absolute Gasteiger partial charge is 0.0977 e. The van der Waals surface area contributed by atoms with Crippen LogP contribution in [-0.2, 0) is 4.74 Å². The van der Waals surface area contributed by atoms with Gasteiger partial charge in [-0.25, -0.2) is 0 Å². The molecule has 1 heteroatoms. The van der Waals surface area contributed by atoms with E-state index in [2.05, 4.69) is 37.3 Å². The van der Waals surface area contributed by atoms with Crippen LogP contribution in [0.3, 0.4) is 0 Å². The zero-order valence-electron chi connectivity index (χ0n) is 7.16. The van der Waals surface area contributed by atoms with Gasteiger partial charge in [0, 0.05) is 5.92 Å². The molecule has 1 nitrogen and oxygen atoms in total. The van der Waals surface area contributed by atoms with Gasteiger partial charge in [0.05, 0.1) is 12.9 Å². The van der Waals surface area contributed by atoms with E-state index in [-0.39, 0.29) is 0 Å². The normalized spacial score (nSPS) is 20.9. The van der Waals surface area contributed by atoms with Gasteiger partial charge in [-0.15, -0.1) is 0 Å². The van der Waals surface area contributed by atoms with E-state index in [0.717, 1.165) is 6.61 Å². The molecule has 0 bridgehead atoms. The third-order valence-corrected chi connectivity index (χ3v) is 2.19. The molecule has 12 heavy (non-hydrogen) atoms. The molecule has 0 aromatic heterocycles. The molecule has 0 saturated carbocycles. The van der Waals surface area contributed by atoms with Crippen molar-refractivity contribution in [3.63, 3.8) is 0 Å². The minimum absolute atomic E-state index is 0.464. The van der Waals surface area contributed by atoms with Gasteiger partial charge in [0.2, 0.25) is 0 Å². The number of benzene rings is 1. The lowest BCUT2D eigenvalue weighted by Crippen LogP contribution is -1.96. The van der Waals surface area contributed by atoms with Gasteiger partial charge in [-0.1, -0.05) is 29.8 Å². The van der Waals surface area contributed by atoms with Gasteiger partial charge in [0.15, 0.2) is 0 Å². The lowest BCUT2D eigenvalue weighted by Gasteiger charge is -2.06. The van der Waals surface area contributed by atoms with Crippen LogP contribution in [0.5, 0.6) is 0 Å². The summed E-state index contributed by atoms with van der Waals surface area (Å²) in [5.41, 5.74) is 2.65. The van der Waals surface area contributed by atoms with Gasteiger partial charge >= 0.3 is 0 Å². The Bertz CT molecular complexity index is 284. The third-order valence-electron chi connectivity index (χ3n) is 2.19. The van der Waals surface area contributed by atoms with Gasteiger partial charge in [-0.3, -0.25) is 0 Å². The van der Waals surface area contributed by atoms with Crippen molar-refractivity contribution < 1.29 is 4.74 Å². The van der Waals surface area contributed by atoms with Gasteiger partial charge in [-0.2, -0.15) is 0 Å². The minimum Gasteiger partial charge on any atom is -0.501 e. The standard InChI is InChI=1S/C11H12O/c1-9-2-4-10(5-3-9)11-6-7-12-8-11/h2-7,11H,8H2,1H3. The first kappa shape index (κ1) is 7.41. The first-order valence-electron chi connectivity index (χ1n) is 4.21. The van der Waals surface area contributed by atoms with Crippen molar-refractivity contribution in [3.05, 3.63) is 47.7 Å². The molecule has 0 N–H and O–H groups in total. The van der Waals surface area contributed by atoms with E-state index in [4.69, 9.17) is 4.74 Å². The summed E-state index contributed by atoms with van der Waals surface area (Å²) in [6.07, 6.45) is 3.88. The van der Waals surface area contributed by atoms with E-state index >= 15 is 0 Å². The highest BCUT2D eigenvalue weighted by molar-refractivity contribution is 5.28. The molecule has 1 atom stereocenters. The second-order valence-electron chi connectivity index (χ2n) is 3.18. The Hall–Kier alpha value is -1.24. The lowest BCUT2D eigenvalue weighted by atomic mass is 10.0. The zero-order chi connectivity index (χ0) is 8.39. The summed E-state index contributed by atoms with van der Waals surface area (Å²) in [6.45, 7) is 2.90. The molecule has 1 aliphatic heterocycles. The average Bonchev–Trinajstić information content (AvgIpc) is 2.58. The maximum absolute atomic E-state index is 5.16. The van der Waals surface area contributed by atoms with E-state index in [9.17, 15) is 0 Å². The second-order valence-corrected chi connectivity index (χ2v) is 3.18. The number of aryl methyl sites for hydroxylation is 1. The first-order valence-corrected chi connectivity index (χ1v) is 4.21. The van der Waals surface area contributed by atoms with Crippen LogP contribution in [0.2, 0.25) is 0 Å². The van der Waals surface area contributed by atoms with E-state index < -0.39 is 0 Å².